The van der Waals surface area contributed by atoms with Crippen molar-refractivity contribution in [2.24, 2.45) is 0 Å². The zero-order valence-corrected chi connectivity index (χ0v) is 14.8. The molecule has 24 heavy (non-hydrogen) atoms. The highest BCUT2D eigenvalue weighted by molar-refractivity contribution is 6.32. The fraction of sp³-hybridized carbons (Fsp3) is 0.150. The Bertz CT molecular complexity index is 839. The minimum atomic E-state index is 0.0335. The first kappa shape index (κ1) is 16.8. The van der Waals surface area contributed by atoms with E-state index in [0.717, 1.165) is 22.3 Å². The van der Waals surface area contributed by atoms with Gasteiger partial charge in [-0.25, -0.2) is 0 Å². The van der Waals surface area contributed by atoms with Crippen LogP contribution in [0.2, 0.25) is 10.0 Å². The van der Waals surface area contributed by atoms with E-state index in [1.54, 1.807) is 4.90 Å². The number of likely N-dealkylation sites (N-methyl/N-ethyl adjacent to an activating group) is 1. The smallest absolute Gasteiger partial charge is 0.250 e. The molecule has 0 radical (unpaired) electrons. The van der Waals surface area contributed by atoms with Gasteiger partial charge >= 0.3 is 0 Å². The molecule has 3 rings (SSSR count). The summed E-state index contributed by atoms with van der Waals surface area (Å²) < 4.78 is 0. The number of halogens is 2. The zero-order valence-electron chi connectivity index (χ0n) is 13.3. The van der Waals surface area contributed by atoms with Crippen molar-refractivity contribution in [1.29, 1.82) is 0 Å². The molecule has 1 amide bonds. The van der Waals surface area contributed by atoms with Crippen molar-refractivity contribution in [1.82, 2.24) is 4.90 Å². The van der Waals surface area contributed by atoms with E-state index in [0.29, 0.717) is 23.0 Å². The molecule has 2 nitrogen and oxygen atoms in total. The van der Waals surface area contributed by atoms with E-state index in [-0.39, 0.29) is 5.91 Å². The Morgan fingerprint density at radius 2 is 1.46 bits per heavy atom. The number of rotatable bonds is 2. The lowest BCUT2D eigenvalue weighted by Crippen LogP contribution is -2.34. The number of carbonyl (C=O) groups excluding carboxylic acids is 1. The molecule has 122 valence electrons. The monoisotopic (exact) mass is 357 g/mol. The maximum atomic E-state index is 12.5. The Kier molecular flexibility index (Phi) is 5.08. The van der Waals surface area contributed by atoms with Gasteiger partial charge < -0.3 is 4.90 Å². The molecular formula is C20H17Cl2NO. The van der Waals surface area contributed by atoms with E-state index in [1.807, 2.05) is 61.7 Å². The van der Waals surface area contributed by atoms with E-state index in [1.165, 1.54) is 0 Å². The molecule has 1 aliphatic rings. The molecule has 0 atom stereocenters. The number of piperidine rings is 1. The maximum absolute atomic E-state index is 12.5. The van der Waals surface area contributed by atoms with E-state index in [4.69, 9.17) is 23.2 Å². The highest BCUT2D eigenvalue weighted by Crippen LogP contribution is 2.28. The van der Waals surface area contributed by atoms with Gasteiger partial charge in [0.25, 0.3) is 0 Å². The molecule has 2 aromatic rings. The quantitative estimate of drug-likeness (QED) is 0.665. The summed E-state index contributed by atoms with van der Waals surface area (Å²) in [6, 6.07) is 15.2. The van der Waals surface area contributed by atoms with Crippen LogP contribution in [0.15, 0.2) is 59.7 Å². The van der Waals surface area contributed by atoms with Crippen LogP contribution in [0.1, 0.15) is 17.5 Å². The van der Waals surface area contributed by atoms with E-state index in [2.05, 4.69) is 6.08 Å². The van der Waals surface area contributed by atoms with Gasteiger partial charge in [-0.3, -0.25) is 4.79 Å². The molecule has 0 aliphatic carbocycles. The molecule has 0 aromatic heterocycles. The summed E-state index contributed by atoms with van der Waals surface area (Å²) in [5.74, 6) is 0.0335. The minimum Gasteiger partial charge on any atom is -0.338 e. The summed E-state index contributed by atoms with van der Waals surface area (Å²) in [4.78, 5) is 14.2. The van der Waals surface area contributed by atoms with Gasteiger partial charge in [0.15, 0.2) is 0 Å². The molecule has 1 saturated heterocycles. The molecule has 0 unspecified atom stereocenters. The number of nitrogens with zero attached hydrogens (tertiary/aromatic N) is 1. The first-order chi connectivity index (χ1) is 11.5. The summed E-state index contributed by atoms with van der Waals surface area (Å²) in [5, 5.41) is 1.35. The number of benzene rings is 2. The number of amides is 1. The average molecular weight is 358 g/mol. The second kappa shape index (κ2) is 7.25. The topological polar surface area (TPSA) is 20.3 Å². The molecule has 0 spiro atoms. The van der Waals surface area contributed by atoms with Crippen LogP contribution in [0.3, 0.4) is 0 Å². The molecule has 1 fully saturated rings. The average Bonchev–Trinajstić information content (AvgIpc) is 2.56. The van der Waals surface area contributed by atoms with E-state index >= 15 is 0 Å². The lowest BCUT2D eigenvalue weighted by atomic mass is 9.95. The summed E-state index contributed by atoms with van der Waals surface area (Å²) in [6.07, 6.45) is 4.53. The Morgan fingerprint density at radius 1 is 0.917 bits per heavy atom. The van der Waals surface area contributed by atoms with Crippen LogP contribution in [0.5, 0.6) is 0 Å². The Balaban J connectivity index is 1.95. The predicted molar refractivity (Wildman–Crippen MR) is 101 cm³/mol. The number of hydrogen-bond acceptors (Lipinski definition) is 1. The maximum Gasteiger partial charge on any atom is 0.250 e. The van der Waals surface area contributed by atoms with Crippen molar-refractivity contribution in [3.8, 4) is 0 Å². The largest absolute Gasteiger partial charge is 0.338 e. The van der Waals surface area contributed by atoms with Crippen LogP contribution in [-0.4, -0.2) is 24.4 Å². The summed E-state index contributed by atoms with van der Waals surface area (Å²) in [6.45, 7) is 0.601. The van der Waals surface area contributed by atoms with Crippen molar-refractivity contribution in [3.63, 3.8) is 0 Å². The van der Waals surface area contributed by atoms with Crippen LogP contribution in [-0.2, 0) is 4.79 Å². The fourth-order valence-corrected chi connectivity index (χ4v) is 3.18. The van der Waals surface area contributed by atoms with E-state index in [9.17, 15) is 4.79 Å². The molecule has 2 aromatic carbocycles. The SMILES string of the molecule is CN1CC(=Cc2ccccc2Cl)CC(=Cc2ccccc2Cl)C1=O. The first-order valence-corrected chi connectivity index (χ1v) is 8.45. The highest BCUT2D eigenvalue weighted by atomic mass is 35.5. The fourth-order valence-electron chi connectivity index (χ4n) is 2.80. The van der Waals surface area contributed by atoms with Gasteiger partial charge in [-0.2, -0.15) is 0 Å². The van der Waals surface area contributed by atoms with Crippen molar-refractivity contribution in [3.05, 3.63) is 80.8 Å². The second-order valence-electron chi connectivity index (χ2n) is 5.85. The summed E-state index contributed by atoms with van der Waals surface area (Å²) in [5.41, 5.74) is 3.70. The van der Waals surface area contributed by atoms with Crippen LogP contribution in [0.25, 0.3) is 12.2 Å². The van der Waals surface area contributed by atoms with Crippen LogP contribution in [0.4, 0.5) is 0 Å². The number of hydrogen-bond donors (Lipinski definition) is 0. The Labute approximate surface area is 152 Å². The van der Waals surface area contributed by atoms with Crippen molar-refractivity contribution in [2.45, 2.75) is 6.42 Å². The summed E-state index contributed by atoms with van der Waals surface area (Å²) in [7, 11) is 1.81. The zero-order chi connectivity index (χ0) is 17.1. The van der Waals surface area contributed by atoms with Gasteiger partial charge in [-0.15, -0.1) is 0 Å². The third-order valence-electron chi connectivity index (χ3n) is 3.98. The second-order valence-corrected chi connectivity index (χ2v) is 6.67. The van der Waals surface area contributed by atoms with Crippen LogP contribution < -0.4 is 0 Å². The van der Waals surface area contributed by atoms with Crippen molar-refractivity contribution >= 4 is 41.3 Å². The minimum absolute atomic E-state index is 0.0335. The molecule has 1 heterocycles. The van der Waals surface area contributed by atoms with Gasteiger partial charge in [-0.05, 0) is 34.9 Å². The molecule has 4 heteroatoms. The Morgan fingerprint density at radius 3 is 2.04 bits per heavy atom. The molecule has 0 N–H and O–H groups in total. The van der Waals surface area contributed by atoms with Crippen molar-refractivity contribution in [2.75, 3.05) is 13.6 Å². The lowest BCUT2D eigenvalue weighted by Gasteiger charge is -2.27. The molecule has 1 aliphatic heterocycles. The first-order valence-electron chi connectivity index (χ1n) is 7.69. The summed E-state index contributed by atoms with van der Waals surface area (Å²) >= 11 is 12.5. The third kappa shape index (κ3) is 3.72. The van der Waals surface area contributed by atoms with Crippen molar-refractivity contribution < 1.29 is 4.79 Å². The van der Waals surface area contributed by atoms with Gasteiger partial charge in [-0.1, -0.05) is 65.7 Å². The van der Waals surface area contributed by atoms with Gasteiger partial charge in [0, 0.05) is 35.6 Å². The Hall–Kier alpha value is -2.03. The standard InChI is InChI=1S/C20H17Cl2NO/c1-23-13-14(10-15-6-2-4-8-18(15)21)11-17(20(23)24)12-16-7-3-5-9-19(16)22/h2-10,12H,11,13H2,1H3. The molecular weight excluding hydrogens is 341 g/mol. The van der Waals surface area contributed by atoms with Gasteiger partial charge in [0.1, 0.15) is 0 Å². The van der Waals surface area contributed by atoms with Gasteiger partial charge in [0.05, 0.1) is 0 Å². The number of likely N-dealkylation sites (tertiary alicyclic amines) is 1. The van der Waals surface area contributed by atoms with Gasteiger partial charge in [0.2, 0.25) is 5.91 Å². The normalized spacial score (nSPS) is 18.5. The lowest BCUT2D eigenvalue weighted by molar-refractivity contribution is -0.126. The molecule has 0 bridgehead atoms. The highest BCUT2D eigenvalue weighted by Gasteiger charge is 2.23. The predicted octanol–water partition coefficient (Wildman–Crippen LogP) is 5.32. The third-order valence-corrected chi connectivity index (χ3v) is 4.67. The van der Waals surface area contributed by atoms with E-state index < -0.39 is 0 Å². The van der Waals surface area contributed by atoms with Crippen LogP contribution in [0, 0.1) is 0 Å². The number of carbonyl (C=O) groups is 1. The van der Waals surface area contributed by atoms with Crippen LogP contribution >= 0.6 is 23.2 Å². The molecule has 0 saturated carbocycles.